The van der Waals surface area contributed by atoms with E-state index in [2.05, 4.69) is 4.98 Å². The van der Waals surface area contributed by atoms with Crippen LogP contribution in [0, 0.1) is 11.8 Å². The standard InChI is InChI=1S/C15H16F3N3O/c16-15(17,18)12-8-21(7-11(12)14(19)22)6-10-3-1-2-9-4-5-20-13(9)10/h1-5,11-12,20H,6-8H2,(H2,19,22)/t11-,12-/m1/s1. The highest BCUT2D eigenvalue weighted by Crippen LogP contribution is 2.38. The van der Waals surface area contributed by atoms with Gasteiger partial charge in [0.1, 0.15) is 0 Å². The molecule has 1 aliphatic rings. The van der Waals surface area contributed by atoms with Crippen molar-refractivity contribution in [3.05, 3.63) is 36.0 Å². The first kappa shape index (κ1) is 14.9. The van der Waals surface area contributed by atoms with Gasteiger partial charge in [0.25, 0.3) is 0 Å². The van der Waals surface area contributed by atoms with Crippen molar-refractivity contribution >= 4 is 16.8 Å². The number of aromatic nitrogens is 1. The van der Waals surface area contributed by atoms with E-state index in [4.69, 9.17) is 5.73 Å². The first-order chi connectivity index (χ1) is 10.4. The van der Waals surface area contributed by atoms with Crippen molar-refractivity contribution in [1.29, 1.82) is 0 Å². The molecular weight excluding hydrogens is 295 g/mol. The molecule has 0 aliphatic carbocycles. The molecule has 7 heteroatoms. The lowest BCUT2D eigenvalue weighted by Crippen LogP contribution is -2.37. The number of carbonyl (C=O) groups is 1. The summed E-state index contributed by atoms with van der Waals surface area (Å²) in [5, 5.41) is 1.01. The van der Waals surface area contributed by atoms with E-state index in [1.165, 1.54) is 0 Å². The number of benzene rings is 1. The van der Waals surface area contributed by atoms with Crippen LogP contribution in [0.4, 0.5) is 13.2 Å². The minimum atomic E-state index is -4.41. The Kier molecular flexibility index (Phi) is 3.60. The number of hydrogen-bond acceptors (Lipinski definition) is 2. The average molecular weight is 311 g/mol. The van der Waals surface area contributed by atoms with E-state index in [0.29, 0.717) is 6.54 Å². The quantitative estimate of drug-likeness (QED) is 0.913. The average Bonchev–Trinajstić information content (AvgIpc) is 3.04. The first-order valence-electron chi connectivity index (χ1n) is 6.99. The highest BCUT2D eigenvalue weighted by atomic mass is 19.4. The van der Waals surface area contributed by atoms with Crippen molar-refractivity contribution in [3.8, 4) is 0 Å². The van der Waals surface area contributed by atoms with Crippen LogP contribution >= 0.6 is 0 Å². The molecule has 3 N–H and O–H groups in total. The summed E-state index contributed by atoms with van der Waals surface area (Å²) < 4.78 is 39.1. The number of carbonyl (C=O) groups excluding carboxylic acids is 1. The van der Waals surface area contributed by atoms with Crippen LogP contribution in [0.5, 0.6) is 0 Å². The van der Waals surface area contributed by atoms with Crippen molar-refractivity contribution in [3.63, 3.8) is 0 Å². The number of H-pyrrole nitrogens is 1. The lowest BCUT2D eigenvalue weighted by molar-refractivity contribution is -0.182. The number of likely N-dealkylation sites (tertiary alicyclic amines) is 1. The number of fused-ring (bicyclic) bond motifs is 1. The number of amides is 1. The first-order valence-corrected chi connectivity index (χ1v) is 6.99. The van der Waals surface area contributed by atoms with Gasteiger partial charge in [0.2, 0.25) is 5.91 Å². The molecule has 118 valence electrons. The Morgan fingerprint density at radius 3 is 2.73 bits per heavy atom. The van der Waals surface area contributed by atoms with Crippen LogP contribution in [0.2, 0.25) is 0 Å². The molecule has 0 spiro atoms. The van der Waals surface area contributed by atoms with Crippen LogP contribution in [-0.2, 0) is 11.3 Å². The molecule has 2 aromatic rings. The molecule has 1 aliphatic heterocycles. The number of para-hydroxylation sites is 1. The molecule has 2 atom stereocenters. The van der Waals surface area contributed by atoms with Crippen LogP contribution < -0.4 is 5.73 Å². The number of nitrogens with two attached hydrogens (primary N) is 1. The highest BCUT2D eigenvalue weighted by molar-refractivity contribution is 5.82. The highest BCUT2D eigenvalue weighted by Gasteiger charge is 2.51. The lowest BCUT2D eigenvalue weighted by Gasteiger charge is -2.19. The molecule has 22 heavy (non-hydrogen) atoms. The van der Waals surface area contributed by atoms with Gasteiger partial charge in [0, 0.05) is 31.3 Å². The SMILES string of the molecule is NC(=O)[C@@H]1CN(Cc2cccc3cc[nH]c23)C[C@H]1C(F)(F)F. The molecule has 3 rings (SSSR count). The van der Waals surface area contributed by atoms with Gasteiger partial charge in [-0.3, -0.25) is 9.69 Å². The second kappa shape index (κ2) is 5.31. The zero-order valence-electron chi connectivity index (χ0n) is 11.7. The second-order valence-electron chi connectivity index (χ2n) is 5.71. The van der Waals surface area contributed by atoms with Gasteiger partial charge in [0.05, 0.1) is 11.8 Å². The number of aromatic amines is 1. The Morgan fingerprint density at radius 2 is 2.09 bits per heavy atom. The van der Waals surface area contributed by atoms with Crippen LogP contribution in [0.3, 0.4) is 0 Å². The van der Waals surface area contributed by atoms with E-state index in [-0.39, 0.29) is 13.1 Å². The number of halogens is 3. The monoisotopic (exact) mass is 311 g/mol. The van der Waals surface area contributed by atoms with E-state index in [9.17, 15) is 18.0 Å². The molecule has 2 heterocycles. The molecule has 4 nitrogen and oxygen atoms in total. The van der Waals surface area contributed by atoms with Crippen LogP contribution in [-0.4, -0.2) is 35.1 Å². The van der Waals surface area contributed by atoms with Gasteiger partial charge in [-0.15, -0.1) is 0 Å². The number of alkyl halides is 3. The van der Waals surface area contributed by atoms with Gasteiger partial charge < -0.3 is 10.7 Å². The van der Waals surface area contributed by atoms with Gasteiger partial charge in [-0.2, -0.15) is 13.2 Å². The van der Waals surface area contributed by atoms with Crippen molar-refractivity contribution in [2.45, 2.75) is 12.7 Å². The third kappa shape index (κ3) is 2.68. The van der Waals surface area contributed by atoms with Gasteiger partial charge in [-0.1, -0.05) is 18.2 Å². The summed E-state index contributed by atoms with van der Waals surface area (Å²) in [6.45, 7) is 0.193. The van der Waals surface area contributed by atoms with Crippen LogP contribution in [0.15, 0.2) is 30.5 Å². The molecule has 1 aromatic carbocycles. The molecule has 1 amide bonds. The summed E-state index contributed by atoms with van der Waals surface area (Å²) in [4.78, 5) is 16.1. The number of primary amides is 1. The molecule has 0 unspecified atom stereocenters. The van der Waals surface area contributed by atoms with E-state index in [0.717, 1.165) is 16.5 Å². The van der Waals surface area contributed by atoms with Gasteiger partial charge in [-0.05, 0) is 17.0 Å². The summed E-state index contributed by atoms with van der Waals surface area (Å²) in [5.41, 5.74) is 6.96. The fourth-order valence-electron chi connectivity index (χ4n) is 3.16. The Labute approximate surface area is 125 Å². The number of rotatable bonds is 3. The summed E-state index contributed by atoms with van der Waals surface area (Å²) in [5.74, 6) is -3.75. The molecule has 1 fully saturated rings. The van der Waals surface area contributed by atoms with Gasteiger partial charge in [0.15, 0.2) is 0 Å². The number of nitrogens with one attached hydrogen (secondary N) is 1. The number of hydrogen-bond donors (Lipinski definition) is 2. The third-order valence-electron chi connectivity index (χ3n) is 4.25. The fraction of sp³-hybridized carbons (Fsp3) is 0.400. The molecule has 0 saturated carbocycles. The van der Waals surface area contributed by atoms with Gasteiger partial charge in [-0.25, -0.2) is 0 Å². The maximum absolute atomic E-state index is 13.0. The predicted octanol–water partition coefficient (Wildman–Crippen LogP) is 2.26. The maximum Gasteiger partial charge on any atom is 0.393 e. The van der Waals surface area contributed by atoms with Crippen molar-refractivity contribution in [1.82, 2.24) is 9.88 Å². The van der Waals surface area contributed by atoms with E-state index in [1.807, 2.05) is 24.3 Å². The molecule has 0 radical (unpaired) electrons. The van der Waals surface area contributed by atoms with E-state index >= 15 is 0 Å². The summed E-state index contributed by atoms with van der Waals surface area (Å²) in [6, 6.07) is 7.59. The Bertz CT molecular complexity index is 695. The molecular formula is C15H16F3N3O. The number of nitrogens with zero attached hydrogens (tertiary/aromatic N) is 1. The second-order valence-corrected chi connectivity index (χ2v) is 5.71. The summed E-state index contributed by atoms with van der Waals surface area (Å²) in [6.07, 6.45) is -2.62. The van der Waals surface area contributed by atoms with E-state index < -0.39 is 23.9 Å². The van der Waals surface area contributed by atoms with Crippen molar-refractivity contribution < 1.29 is 18.0 Å². The molecule has 1 aromatic heterocycles. The largest absolute Gasteiger partial charge is 0.393 e. The van der Waals surface area contributed by atoms with Crippen LogP contribution in [0.25, 0.3) is 10.9 Å². The minimum absolute atomic E-state index is 0.0383. The third-order valence-corrected chi connectivity index (χ3v) is 4.25. The minimum Gasteiger partial charge on any atom is -0.369 e. The smallest absolute Gasteiger partial charge is 0.369 e. The zero-order chi connectivity index (χ0) is 15.9. The van der Waals surface area contributed by atoms with Crippen LogP contribution in [0.1, 0.15) is 5.56 Å². The zero-order valence-corrected chi connectivity index (χ0v) is 11.7. The Morgan fingerprint density at radius 1 is 1.32 bits per heavy atom. The maximum atomic E-state index is 13.0. The van der Waals surface area contributed by atoms with Gasteiger partial charge >= 0.3 is 6.18 Å². The lowest BCUT2D eigenvalue weighted by atomic mass is 9.95. The van der Waals surface area contributed by atoms with Crippen molar-refractivity contribution in [2.24, 2.45) is 17.6 Å². The molecule has 1 saturated heterocycles. The van der Waals surface area contributed by atoms with E-state index in [1.54, 1.807) is 11.1 Å². The Hall–Kier alpha value is -2.02. The molecule has 0 bridgehead atoms. The Balaban J connectivity index is 1.82. The normalized spacial score (nSPS) is 23.2. The van der Waals surface area contributed by atoms with Crippen molar-refractivity contribution in [2.75, 3.05) is 13.1 Å². The summed E-state index contributed by atoms with van der Waals surface area (Å²) >= 11 is 0. The summed E-state index contributed by atoms with van der Waals surface area (Å²) in [7, 11) is 0. The fourth-order valence-corrected chi connectivity index (χ4v) is 3.16. The predicted molar refractivity (Wildman–Crippen MR) is 75.8 cm³/mol. The topological polar surface area (TPSA) is 62.1 Å².